The Balaban J connectivity index is 0.00000364. The SMILES string of the molecule is CN=C(NCCNC(=O)OC(C)(C)C)NCC1(c2ccc(F)cc2)CC1.I. The Morgan fingerprint density at radius 3 is 2.26 bits per heavy atom. The number of benzene rings is 1. The summed E-state index contributed by atoms with van der Waals surface area (Å²) < 4.78 is 18.3. The van der Waals surface area contributed by atoms with Crippen LogP contribution in [0, 0.1) is 5.82 Å². The Hall–Kier alpha value is -1.58. The van der Waals surface area contributed by atoms with Crippen molar-refractivity contribution < 1.29 is 13.9 Å². The summed E-state index contributed by atoms with van der Waals surface area (Å²) in [7, 11) is 1.70. The summed E-state index contributed by atoms with van der Waals surface area (Å²) in [5.41, 5.74) is 0.696. The van der Waals surface area contributed by atoms with E-state index in [1.54, 1.807) is 7.05 Å². The van der Waals surface area contributed by atoms with Crippen LogP contribution >= 0.6 is 24.0 Å². The molecule has 6 nitrogen and oxygen atoms in total. The minimum atomic E-state index is -0.506. The van der Waals surface area contributed by atoms with Crippen molar-refractivity contribution in [3.8, 4) is 0 Å². The van der Waals surface area contributed by atoms with E-state index in [1.165, 1.54) is 12.1 Å². The number of halogens is 2. The lowest BCUT2D eigenvalue weighted by atomic mass is 9.96. The minimum Gasteiger partial charge on any atom is -0.444 e. The number of ether oxygens (including phenoxy) is 1. The first-order chi connectivity index (χ1) is 12.2. The molecule has 1 aliphatic rings. The quantitative estimate of drug-likeness (QED) is 0.247. The second kappa shape index (κ2) is 10.1. The van der Waals surface area contributed by atoms with E-state index < -0.39 is 11.7 Å². The number of aliphatic imine (C=N–C) groups is 1. The minimum absolute atomic E-state index is 0. The standard InChI is InChI=1S/C19H29FN4O2.HI/c1-18(2,3)26-17(25)23-12-11-22-16(21-4)24-13-19(9-10-19)14-5-7-15(20)8-6-14;/h5-8H,9-13H2,1-4H3,(H,23,25)(H2,21,22,24);1H. The summed E-state index contributed by atoms with van der Waals surface area (Å²) in [5.74, 6) is 0.455. The van der Waals surface area contributed by atoms with Crippen molar-refractivity contribution in [1.82, 2.24) is 16.0 Å². The summed E-state index contributed by atoms with van der Waals surface area (Å²) in [6, 6.07) is 6.71. The number of amides is 1. The third kappa shape index (κ3) is 7.90. The molecule has 0 saturated heterocycles. The molecule has 1 saturated carbocycles. The van der Waals surface area contributed by atoms with Crippen LogP contribution < -0.4 is 16.0 Å². The smallest absolute Gasteiger partial charge is 0.407 e. The third-order valence-electron chi connectivity index (χ3n) is 4.21. The van der Waals surface area contributed by atoms with Crippen LogP contribution in [-0.4, -0.2) is 44.3 Å². The molecule has 1 aromatic rings. The highest BCUT2D eigenvalue weighted by Crippen LogP contribution is 2.47. The van der Waals surface area contributed by atoms with E-state index in [1.807, 2.05) is 32.9 Å². The fraction of sp³-hybridized carbons (Fsp3) is 0.579. The average Bonchev–Trinajstić information content (AvgIpc) is 3.34. The van der Waals surface area contributed by atoms with Crippen LogP contribution in [0.3, 0.4) is 0 Å². The Morgan fingerprint density at radius 1 is 1.15 bits per heavy atom. The predicted molar refractivity (Wildman–Crippen MR) is 116 cm³/mol. The van der Waals surface area contributed by atoms with Crippen LogP contribution in [0.15, 0.2) is 29.3 Å². The molecule has 0 aromatic heterocycles. The first kappa shape index (κ1) is 23.5. The van der Waals surface area contributed by atoms with Gasteiger partial charge >= 0.3 is 6.09 Å². The van der Waals surface area contributed by atoms with Gasteiger partial charge in [-0.1, -0.05) is 12.1 Å². The van der Waals surface area contributed by atoms with Crippen molar-refractivity contribution in [3.63, 3.8) is 0 Å². The molecule has 1 amide bonds. The molecule has 2 rings (SSSR count). The van der Waals surface area contributed by atoms with Crippen molar-refractivity contribution in [2.45, 2.75) is 44.6 Å². The summed E-state index contributed by atoms with van der Waals surface area (Å²) in [5, 5.41) is 9.16. The molecule has 0 radical (unpaired) electrons. The molecule has 1 aliphatic carbocycles. The predicted octanol–water partition coefficient (Wildman–Crippen LogP) is 3.17. The summed E-state index contributed by atoms with van der Waals surface area (Å²) in [4.78, 5) is 15.8. The van der Waals surface area contributed by atoms with Gasteiger partial charge in [0.25, 0.3) is 0 Å². The number of hydrogen-bond donors (Lipinski definition) is 3. The van der Waals surface area contributed by atoms with Crippen molar-refractivity contribution in [1.29, 1.82) is 0 Å². The van der Waals surface area contributed by atoms with Crippen LogP contribution in [0.5, 0.6) is 0 Å². The number of rotatable bonds is 6. The number of guanidine groups is 1. The summed E-state index contributed by atoms with van der Waals surface area (Å²) >= 11 is 0. The van der Waals surface area contributed by atoms with Gasteiger partial charge in [0.1, 0.15) is 11.4 Å². The molecule has 1 fully saturated rings. The topological polar surface area (TPSA) is 74.8 Å². The lowest BCUT2D eigenvalue weighted by Crippen LogP contribution is -2.44. The molecular weight excluding hydrogens is 462 g/mol. The number of carbonyl (C=O) groups excluding carboxylic acids is 1. The first-order valence-corrected chi connectivity index (χ1v) is 8.91. The van der Waals surface area contributed by atoms with Gasteiger partial charge in [0, 0.05) is 32.1 Å². The Labute approximate surface area is 177 Å². The van der Waals surface area contributed by atoms with Gasteiger partial charge in [-0.25, -0.2) is 9.18 Å². The molecule has 0 heterocycles. The fourth-order valence-corrected chi connectivity index (χ4v) is 2.66. The highest BCUT2D eigenvalue weighted by Gasteiger charge is 2.44. The molecule has 8 heteroatoms. The number of nitrogens with zero attached hydrogens (tertiary/aromatic N) is 1. The maximum absolute atomic E-state index is 13.1. The lowest BCUT2D eigenvalue weighted by Gasteiger charge is -2.20. The van der Waals surface area contributed by atoms with Crippen LogP contribution in [0.25, 0.3) is 0 Å². The maximum atomic E-state index is 13.1. The van der Waals surface area contributed by atoms with Crippen LogP contribution in [-0.2, 0) is 10.2 Å². The molecule has 1 aromatic carbocycles. The molecule has 0 unspecified atom stereocenters. The first-order valence-electron chi connectivity index (χ1n) is 8.91. The normalized spacial score (nSPS) is 15.4. The summed E-state index contributed by atoms with van der Waals surface area (Å²) in [6.45, 7) is 7.17. The van der Waals surface area contributed by atoms with Gasteiger partial charge in [-0.3, -0.25) is 4.99 Å². The van der Waals surface area contributed by atoms with Crippen LogP contribution in [0.4, 0.5) is 9.18 Å². The number of nitrogens with one attached hydrogen (secondary N) is 3. The molecule has 0 spiro atoms. The second-order valence-corrected chi connectivity index (χ2v) is 7.57. The maximum Gasteiger partial charge on any atom is 0.407 e. The monoisotopic (exact) mass is 492 g/mol. The van der Waals surface area contributed by atoms with Crippen molar-refractivity contribution in [2.75, 3.05) is 26.7 Å². The average molecular weight is 492 g/mol. The zero-order valence-electron chi connectivity index (χ0n) is 16.4. The third-order valence-corrected chi connectivity index (χ3v) is 4.21. The van der Waals surface area contributed by atoms with E-state index in [4.69, 9.17) is 4.74 Å². The highest BCUT2D eigenvalue weighted by molar-refractivity contribution is 14.0. The van der Waals surface area contributed by atoms with Crippen LogP contribution in [0.2, 0.25) is 0 Å². The van der Waals surface area contributed by atoms with Crippen molar-refractivity contribution in [2.24, 2.45) is 4.99 Å². The zero-order valence-corrected chi connectivity index (χ0v) is 18.7. The van der Waals surface area contributed by atoms with Gasteiger partial charge in [0.05, 0.1) is 0 Å². The van der Waals surface area contributed by atoms with E-state index in [0.717, 1.165) is 24.9 Å². The van der Waals surface area contributed by atoms with E-state index in [0.29, 0.717) is 19.0 Å². The second-order valence-electron chi connectivity index (χ2n) is 7.57. The van der Waals surface area contributed by atoms with Gasteiger partial charge in [0.15, 0.2) is 5.96 Å². The Morgan fingerprint density at radius 2 is 1.74 bits per heavy atom. The molecule has 27 heavy (non-hydrogen) atoms. The molecule has 0 aliphatic heterocycles. The Bertz CT molecular complexity index is 640. The number of hydrogen-bond acceptors (Lipinski definition) is 3. The van der Waals surface area contributed by atoms with Gasteiger partial charge in [0.2, 0.25) is 0 Å². The largest absolute Gasteiger partial charge is 0.444 e. The van der Waals surface area contributed by atoms with E-state index >= 15 is 0 Å². The molecule has 3 N–H and O–H groups in total. The number of carbonyl (C=O) groups is 1. The van der Waals surface area contributed by atoms with E-state index in [-0.39, 0.29) is 35.2 Å². The molecule has 0 bridgehead atoms. The van der Waals surface area contributed by atoms with Crippen molar-refractivity contribution in [3.05, 3.63) is 35.6 Å². The fourth-order valence-electron chi connectivity index (χ4n) is 2.66. The molecular formula is C19H30FIN4O2. The molecule has 152 valence electrons. The zero-order chi connectivity index (χ0) is 19.2. The lowest BCUT2D eigenvalue weighted by molar-refractivity contribution is 0.0529. The summed E-state index contributed by atoms with van der Waals surface area (Å²) in [6.07, 6.45) is 1.71. The van der Waals surface area contributed by atoms with E-state index in [9.17, 15) is 9.18 Å². The van der Waals surface area contributed by atoms with Crippen LogP contribution in [0.1, 0.15) is 39.2 Å². The highest BCUT2D eigenvalue weighted by atomic mass is 127. The van der Waals surface area contributed by atoms with E-state index in [2.05, 4.69) is 20.9 Å². The number of alkyl carbamates (subject to hydrolysis) is 1. The Kier molecular flexibility index (Phi) is 8.77. The van der Waals surface area contributed by atoms with Crippen molar-refractivity contribution >= 4 is 36.0 Å². The van der Waals surface area contributed by atoms with Gasteiger partial charge in [-0.05, 0) is 51.3 Å². The van der Waals surface area contributed by atoms with Gasteiger partial charge < -0.3 is 20.7 Å². The molecule has 0 atom stereocenters. The van der Waals surface area contributed by atoms with Gasteiger partial charge in [-0.15, -0.1) is 24.0 Å². The van der Waals surface area contributed by atoms with Gasteiger partial charge in [-0.2, -0.15) is 0 Å².